The van der Waals surface area contributed by atoms with Gasteiger partial charge in [-0.3, -0.25) is 13.9 Å². The number of hydrogen-bond donors (Lipinski definition) is 4. The first-order valence-corrected chi connectivity index (χ1v) is 15.8. The third-order valence-electron chi connectivity index (χ3n) is 6.94. The number of sulfonamides is 1. The first kappa shape index (κ1) is 33.7. The number of nitrogens with zero attached hydrogens (tertiary/aromatic N) is 1. The molecule has 4 N–H and O–H groups in total. The Hall–Kier alpha value is -3.80. The number of nitrogens with one attached hydrogen (secondary N) is 3. The first-order chi connectivity index (χ1) is 20.0. The van der Waals surface area contributed by atoms with E-state index in [4.69, 9.17) is 0 Å². The second kappa shape index (κ2) is 14.1. The van der Waals surface area contributed by atoms with Crippen molar-refractivity contribution in [3.63, 3.8) is 0 Å². The highest BCUT2D eigenvalue weighted by Crippen LogP contribution is 2.22. The zero-order valence-corrected chi connectivity index (χ0v) is 26.2. The molecule has 0 heterocycles. The predicted molar refractivity (Wildman–Crippen MR) is 167 cm³/mol. The minimum absolute atomic E-state index is 0.0432. The summed E-state index contributed by atoms with van der Waals surface area (Å²) in [6.07, 6.45) is 0.403. The van der Waals surface area contributed by atoms with Crippen LogP contribution in [-0.2, 0) is 16.4 Å². The molecule has 3 rings (SSSR count). The van der Waals surface area contributed by atoms with Gasteiger partial charge in [-0.25, -0.2) is 12.8 Å². The maximum Gasteiger partial charge on any atom is 0.251 e. The maximum absolute atomic E-state index is 13.6. The average molecular weight is 613 g/mol. The maximum atomic E-state index is 13.6. The van der Waals surface area contributed by atoms with Crippen molar-refractivity contribution in [1.82, 2.24) is 16.0 Å². The average Bonchev–Trinajstić information content (AvgIpc) is 2.94. The molecular formula is C32H41FN4O5S. The summed E-state index contributed by atoms with van der Waals surface area (Å²) in [6.45, 7) is 7.85. The lowest BCUT2D eigenvalue weighted by Gasteiger charge is -2.28. The lowest BCUT2D eigenvalue weighted by atomic mass is 9.99. The number of carbonyl (C=O) groups excluding carboxylic acids is 2. The van der Waals surface area contributed by atoms with Crippen molar-refractivity contribution in [2.24, 2.45) is 0 Å². The second-order valence-corrected chi connectivity index (χ2v) is 13.7. The molecule has 232 valence electrons. The molecule has 11 heteroatoms. The Morgan fingerprint density at radius 2 is 1.49 bits per heavy atom. The Labute approximate surface area is 253 Å². The SMILES string of the molecule is CC(NC(=O)c1cc(C(=O)NC(Cc2ccccc2)C(O)CNC(C)(C)C)cc(N(C)S(C)(=O)=O)c1)c1ccc(F)cc1. The summed E-state index contributed by atoms with van der Waals surface area (Å²) >= 11 is 0. The number of rotatable bonds is 12. The van der Waals surface area contributed by atoms with Crippen LogP contribution in [-0.4, -0.2) is 62.9 Å². The van der Waals surface area contributed by atoms with Gasteiger partial charge in [0.1, 0.15) is 5.82 Å². The largest absolute Gasteiger partial charge is 0.390 e. The van der Waals surface area contributed by atoms with Crippen LogP contribution >= 0.6 is 0 Å². The molecule has 3 atom stereocenters. The van der Waals surface area contributed by atoms with Crippen LogP contribution < -0.4 is 20.3 Å². The van der Waals surface area contributed by atoms with Crippen molar-refractivity contribution in [3.8, 4) is 0 Å². The van der Waals surface area contributed by atoms with Crippen molar-refractivity contribution in [3.05, 3.63) is 101 Å². The third-order valence-corrected chi connectivity index (χ3v) is 8.15. The summed E-state index contributed by atoms with van der Waals surface area (Å²) < 4.78 is 39.1. The number of amides is 2. The molecule has 3 aromatic carbocycles. The van der Waals surface area contributed by atoms with Gasteiger partial charge in [-0.15, -0.1) is 0 Å². The van der Waals surface area contributed by atoms with E-state index in [1.807, 2.05) is 51.1 Å². The Balaban J connectivity index is 1.94. The number of benzene rings is 3. The van der Waals surface area contributed by atoms with E-state index in [0.29, 0.717) is 12.0 Å². The lowest BCUT2D eigenvalue weighted by Crippen LogP contribution is -2.51. The van der Waals surface area contributed by atoms with Crippen molar-refractivity contribution >= 4 is 27.5 Å². The van der Waals surface area contributed by atoms with Crippen LogP contribution in [0.4, 0.5) is 10.1 Å². The van der Waals surface area contributed by atoms with Crippen LogP contribution in [0, 0.1) is 5.82 Å². The molecule has 0 spiro atoms. The summed E-state index contributed by atoms with van der Waals surface area (Å²) in [7, 11) is -2.39. The number of anilines is 1. The highest BCUT2D eigenvalue weighted by Gasteiger charge is 2.26. The smallest absolute Gasteiger partial charge is 0.251 e. The van der Waals surface area contributed by atoms with E-state index in [1.54, 1.807) is 19.1 Å². The molecule has 0 fully saturated rings. The molecule has 0 bridgehead atoms. The van der Waals surface area contributed by atoms with Crippen LogP contribution in [0.5, 0.6) is 0 Å². The number of carbonyl (C=O) groups is 2. The normalized spacial score (nSPS) is 14.0. The zero-order valence-electron chi connectivity index (χ0n) is 25.4. The quantitative estimate of drug-likeness (QED) is 0.247. The number of aliphatic hydroxyl groups excluding tert-OH is 1. The van der Waals surface area contributed by atoms with Crippen LogP contribution in [0.25, 0.3) is 0 Å². The Kier molecular flexibility index (Phi) is 11.1. The summed E-state index contributed by atoms with van der Waals surface area (Å²) in [5, 5.41) is 20.1. The van der Waals surface area contributed by atoms with E-state index < -0.39 is 45.8 Å². The molecule has 3 unspecified atom stereocenters. The van der Waals surface area contributed by atoms with Crippen LogP contribution in [0.1, 0.15) is 65.6 Å². The van der Waals surface area contributed by atoms with Gasteiger partial charge < -0.3 is 21.1 Å². The number of aliphatic hydroxyl groups is 1. The van der Waals surface area contributed by atoms with E-state index in [1.165, 1.54) is 37.4 Å². The van der Waals surface area contributed by atoms with E-state index in [9.17, 15) is 27.5 Å². The molecule has 0 saturated heterocycles. The van der Waals surface area contributed by atoms with Crippen LogP contribution in [0.3, 0.4) is 0 Å². The van der Waals surface area contributed by atoms with Gasteiger partial charge in [0.2, 0.25) is 10.0 Å². The van der Waals surface area contributed by atoms with Gasteiger partial charge in [-0.05, 0) is 75.6 Å². The number of β-amino-alcohol motifs (C(OH)–C–C–N with tert-alkyl or cyclic N) is 1. The van der Waals surface area contributed by atoms with Gasteiger partial charge >= 0.3 is 0 Å². The van der Waals surface area contributed by atoms with Crippen molar-refractivity contribution in [1.29, 1.82) is 0 Å². The fourth-order valence-corrected chi connectivity index (χ4v) is 4.81. The summed E-state index contributed by atoms with van der Waals surface area (Å²) in [5.74, 6) is -1.54. The van der Waals surface area contributed by atoms with E-state index >= 15 is 0 Å². The Morgan fingerprint density at radius 3 is 2.02 bits per heavy atom. The summed E-state index contributed by atoms with van der Waals surface area (Å²) in [4.78, 5) is 27.0. The zero-order chi connectivity index (χ0) is 31.9. The Bertz CT molecular complexity index is 1510. The minimum Gasteiger partial charge on any atom is -0.390 e. The lowest BCUT2D eigenvalue weighted by molar-refractivity contribution is 0.0817. The van der Waals surface area contributed by atoms with Gasteiger partial charge in [0.25, 0.3) is 11.8 Å². The highest BCUT2D eigenvalue weighted by atomic mass is 32.2. The molecule has 0 aliphatic heterocycles. The molecule has 0 aromatic heterocycles. The molecule has 43 heavy (non-hydrogen) atoms. The molecule has 0 saturated carbocycles. The number of halogens is 1. The third kappa shape index (κ3) is 10.2. The molecule has 0 aliphatic carbocycles. The molecular weight excluding hydrogens is 571 g/mol. The van der Waals surface area contributed by atoms with Crippen molar-refractivity contribution in [2.45, 2.75) is 57.8 Å². The standard InChI is InChI=1S/C32H41FN4O5S/c1-21(23-12-14-26(33)15-13-23)35-30(39)24-17-25(19-27(18-24)37(5)43(6,41)42)31(40)36-28(16-22-10-8-7-9-11-22)29(38)20-34-32(2,3)4/h7-15,17-19,21,28-29,34,38H,16,20H2,1-6H3,(H,35,39)(H,36,40). The van der Waals surface area contributed by atoms with Crippen LogP contribution in [0.15, 0.2) is 72.8 Å². The van der Waals surface area contributed by atoms with Crippen LogP contribution in [0.2, 0.25) is 0 Å². The topological polar surface area (TPSA) is 128 Å². The minimum atomic E-state index is -3.72. The second-order valence-electron chi connectivity index (χ2n) is 11.7. The first-order valence-electron chi connectivity index (χ1n) is 14.0. The summed E-state index contributed by atoms with van der Waals surface area (Å²) in [5.41, 5.74) is 1.52. The van der Waals surface area contributed by atoms with Crippen molar-refractivity contribution < 1.29 is 27.5 Å². The molecule has 2 amide bonds. The monoisotopic (exact) mass is 612 g/mol. The fraction of sp³-hybridized carbons (Fsp3) is 0.375. The van der Waals surface area contributed by atoms with Gasteiger partial charge in [-0.1, -0.05) is 42.5 Å². The van der Waals surface area contributed by atoms with E-state index in [-0.39, 0.29) is 28.9 Å². The fourth-order valence-electron chi connectivity index (χ4n) is 4.32. The van der Waals surface area contributed by atoms with E-state index in [2.05, 4.69) is 16.0 Å². The number of hydrogen-bond acceptors (Lipinski definition) is 6. The molecule has 0 aliphatic rings. The van der Waals surface area contributed by atoms with Gasteiger partial charge in [0, 0.05) is 30.3 Å². The highest BCUT2D eigenvalue weighted by molar-refractivity contribution is 7.92. The van der Waals surface area contributed by atoms with Gasteiger partial charge in [0.05, 0.1) is 30.1 Å². The molecule has 3 aromatic rings. The molecule has 0 radical (unpaired) electrons. The predicted octanol–water partition coefficient (Wildman–Crippen LogP) is 3.80. The van der Waals surface area contributed by atoms with Gasteiger partial charge in [-0.2, -0.15) is 0 Å². The van der Waals surface area contributed by atoms with E-state index in [0.717, 1.165) is 16.1 Å². The van der Waals surface area contributed by atoms with Crippen molar-refractivity contribution in [2.75, 3.05) is 24.2 Å². The van der Waals surface area contributed by atoms with Gasteiger partial charge in [0.15, 0.2) is 0 Å². The molecule has 9 nitrogen and oxygen atoms in total. The summed E-state index contributed by atoms with van der Waals surface area (Å²) in [6, 6.07) is 18.1. The Morgan fingerprint density at radius 1 is 0.930 bits per heavy atom.